The summed E-state index contributed by atoms with van der Waals surface area (Å²) in [5.74, 6) is -1.51. The quantitative estimate of drug-likeness (QED) is 0.751. The minimum atomic E-state index is -4.48. The molecule has 2 heterocycles. The highest BCUT2D eigenvalue weighted by atomic mass is 19.4. The molecule has 0 aromatic carbocycles. The average Bonchev–Trinajstić information content (AvgIpc) is 2.54. The molecule has 0 bridgehead atoms. The highest BCUT2D eigenvalue weighted by Gasteiger charge is 2.31. The van der Waals surface area contributed by atoms with E-state index in [0.29, 0.717) is 0 Å². The number of nitrogens with zero attached hydrogens (tertiary/aromatic N) is 2. The first-order valence-electron chi connectivity index (χ1n) is 4.58. The van der Waals surface area contributed by atoms with Gasteiger partial charge in [-0.05, 0) is 19.1 Å². The summed E-state index contributed by atoms with van der Waals surface area (Å²) in [7, 11) is 0. The largest absolute Gasteiger partial charge is 0.543 e. The molecule has 2 aromatic heterocycles. The Hall–Kier alpha value is -2.05. The number of carboxylic acid groups (broad SMARTS) is 1. The molecule has 0 amide bonds. The first-order chi connectivity index (χ1) is 7.80. The summed E-state index contributed by atoms with van der Waals surface area (Å²) >= 11 is 0. The Kier molecular flexibility index (Phi) is 2.34. The molecule has 0 aliphatic carbocycles. The van der Waals surface area contributed by atoms with Crippen molar-refractivity contribution in [3.05, 3.63) is 35.3 Å². The van der Waals surface area contributed by atoms with Crippen LogP contribution in [0, 0.1) is 6.92 Å². The second-order valence-electron chi connectivity index (χ2n) is 3.47. The van der Waals surface area contributed by atoms with Gasteiger partial charge < -0.3 is 14.3 Å². The van der Waals surface area contributed by atoms with Gasteiger partial charge in [-0.25, -0.2) is 4.98 Å². The topological polar surface area (TPSA) is 57.4 Å². The molecule has 0 radical (unpaired) electrons. The molecule has 0 atom stereocenters. The van der Waals surface area contributed by atoms with E-state index < -0.39 is 17.7 Å². The number of pyridine rings is 1. The molecule has 2 rings (SSSR count). The summed E-state index contributed by atoms with van der Waals surface area (Å²) in [5, 5.41) is 10.7. The van der Waals surface area contributed by atoms with Crippen LogP contribution in [0.4, 0.5) is 13.2 Å². The third kappa shape index (κ3) is 1.83. The van der Waals surface area contributed by atoms with Gasteiger partial charge in [-0.15, -0.1) is 0 Å². The van der Waals surface area contributed by atoms with Gasteiger partial charge in [0.2, 0.25) is 0 Å². The lowest BCUT2D eigenvalue weighted by molar-refractivity contribution is -0.255. The van der Waals surface area contributed by atoms with Gasteiger partial charge in [0.15, 0.2) is 0 Å². The Morgan fingerprint density at radius 3 is 2.65 bits per heavy atom. The highest BCUT2D eigenvalue weighted by Crippen LogP contribution is 2.30. The van der Waals surface area contributed by atoms with E-state index >= 15 is 0 Å². The van der Waals surface area contributed by atoms with E-state index in [0.717, 1.165) is 18.3 Å². The minimum Gasteiger partial charge on any atom is -0.543 e. The van der Waals surface area contributed by atoms with Gasteiger partial charge >= 0.3 is 6.18 Å². The van der Waals surface area contributed by atoms with Crippen molar-refractivity contribution in [1.82, 2.24) is 9.38 Å². The summed E-state index contributed by atoms with van der Waals surface area (Å²) in [4.78, 5) is 14.3. The molecule has 17 heavy (non-hydrogen) atoms. The average molecular weight is 243 g/mol. The second-order valence-corrected chi connectivity index (χ2v) is 3.47. The van der Waals surface area contributed by atoms with E-state index in [1.807, 2.05) is 0 Å². The molecular formula is C10H6F3N2O2-. The van der Waals surface area contributed by atoms with Gasteiger partial charge in [-0.2, -0.15) is 13.2 Å². The first kappa shape index (κ1) is 11.4. The van der Waals surface area contributed by atoms with E-state index in [1.54, 1.807) is 0 Å². The normalized spacial score (nSPS) is 12.0. The van der Waals surface area contributed by atoms with Gasteiger partial charge in [-0.1, -0.05) is 0 Å². The number of hydrogen-bond acceptors (Lipinski definition) is 3. The van der Waals surface area contributed by atoms with Gasteiger partial charge in [-0.3, -0.25) is 0 Å². The van der Waals surface area contributed by atoms with Crippen molar-refractivity contribution in [2.45, 2.75) is 13.1 Å². The predicted molar refractivity (Wildman–Crippen MR) is 49.3 cm³/mol. The van der Waals surface area contributed by atoms with Crippen molar-refractivity contribution in [2.75, 3.05) is 0 Å². The number of hydrogen-bond donors (Lipinski definition) is 0. The Morgan fingerprint density at radius 1 is 1.47 bits per heavy atom. The van der Waals surface area contributed by atoms with Crippen LogP contribution >= 0.6 is 0 Å². The van der Waals surface area contributed by atoms with Gasteiger partial charge in [0, 0.05) is 11.9 Å². The number of imidazole rings is 1. The minimum absolute atomic E-state index is 0.0727. The summed E-state index contributed by atoms with van der Waals surface area (Å²) in [6.45, 7) is 1.44. The Morgan fingerprint density at radius 2 is 2.12 bits per heavy atom. The molecule has 0 aliphatic heterocycles. The molecule has 90 valence electrons. The van der Waals surface area contributed by atoms with Crippen molar-refractivity contribution in [2.24, 2.45) is 0 Å². The molecule has 2 aromatic rings. The van der Waals surface area contributed by atoms with Crippen LogP contribution in [-0.2, 0) is 6.18 Å². The maximum Gasteiger partial charge on any atom is 0.416 e. The molecule has 0 fully saturated rings. The number of halogens is 3. The number of aromatic carboxylic acids is 1. The van der Waals surface area contributed by atoms with Crippen LogP contribution in [0.5, 0.6) is 0 Å². The summed E-state index contributed by atoms with van der Waals surface area (Å²) < 4.78 is 38.5. The molecule has 0 spiro atoms. The van der Waals surface area contributed by atoms with Crippen LogP contribution in [0.2, 0.25) is 0 Å². The lowest BCUT2D eigenvalue weighted by atomic mass is 10.2. The number of fused-ring (bicyclic) bond motifs is 1. The monoisotopic (exact) mass is 243 g/mol. The van der Waals surface area contributed by atoms with E-state index in [9.17, 15) is 23.1 Å². The number of carbonyl (C=O) groups excluding carboxylic acids is 1. The van der Waals surface area contributed by atoms with Crippen molar-refractivity contribution in [3.8, 4) is 0 Å². The van der Waals surface area contributed by atoms with Crippen molar-refractivity contribution in [1.29, 1.82) is 0 Å². The van der Waals surface area contributed by atoms with Crippen LogP contribution in [0.3, 0.4) is 0 Å². The molecule has 0 aliphatic rings. The number of aryl methyl sites for hydroxylation is 1. The Bertz CT molecular complexity index is 601. The zero-order valence-corrected chi connectivity index (χ0v) is 8.58. The van der Waals surface area contributed by atoms with Crippen molar-refractivity contribution < 1.29 is 23.1 Å². The fourth-order valence-electron chi connectivity index (χ4n) is 1.54. The summed E-state index contributed by atoms with van der Waals surface area (Å²) in [6, 6.07) is 1.65. The lowest BCUT2D eigenvalue weighted by Gasteiger charge is -2.06. The maximum atomic E-state index is 12.4. The van der Waals surface area contributed by atoms with E-state index in [-0.39, 0.29) is 17.0 Å². The van der Waals surface area contributed by atoms with Crippen molar-refractivity contribution >= 4 is 11.6 Å². The summed E-state index contributed by atoms with van der Waals surface area (Å²) in [6.07, 6.45) is -3.35. The molecule has 0 saturated carbocycles. The van der Waals surface area contributed by atoms with Crippen LogP contribution in [-0.4, -0.2) is 15.4 Å². The van der Waals surface area contributed by atoms with E-state index in [1.165, 1.54) is 11.3 Å². The SMILES string of the molecule is Cc1c(C(=O)[O-])nc2cc(C(F)(F)F)ccn12. The number of carbonyl (C=O) groups is 1. The Labute approximate surface area is 93.3 Å². The standard InChI is InChI=1S/C10H7F3N2O2/c1-5-8(9(16)17)14-7-4-6(10(11,12)13)2-3-15(5)7/h2-4H,1H3,(H,16,17)/p-1. The van der Waals surface area contributed by atoms with Crippen molar-refractivity contribution in [3.63, 3.8) is 0 Å². The molecular weight excluding hydrogens is 237 g/mol. The number of rotatable bonds is 1. The third-order valence-corrected chi connectivity index (χ3v) is 2.39. The zero-order chi connectivity index (χ0) is 12.8. The molecule has 0 saturated heterocycles. The van der Waals surface area contributed by atoms with Crippen LogP contribution in [0.25, 0.3) is 5.65 Å². The van der Waals surface area contributed by atoms with Crippen LogP contribution in [0.1, 0.15) is 21.7 Å². The second kappa shape index (κ2) is 3.47. The van der Waals surface area contributed by atoms with Crippen LogP contribution < -0.4 is 5.11 Å². The zero-order valence-electron chi connectivity index (χ0n) is 8.58. The summed E-state index contributed by atoms with van der Waals surface area (Å²) in [5.41, 5.74) is -1.07. The molecule has 0 N–H and O–H groups in total. The maximum absolute atomic E-state index is 12.4. The molecule has 4 nitrogen and oxygen atoms in total. The first-order valence-corrected chi connectivity index (χ1v) is 4.58. The van der Waals surface area contributed by atoms with Gasteiger partial charge in [0.25, 0.3) is 0 Å². The fourth-order valence-corrected chi connectivity index (χ4v) is 1.54. The highest BCUT2D eigenvalue weighted by molar-refractivity contribution is 5.86. The third-order valence-electron chi connectivity index (χ3n) is 2.39. The predicted octanol–water partition coefficient (Wildman–Crippen LogP) is 1.03. The van der Waals surface area contributed by atoms with Crippen LogP contribution in [0.15, 0.2) is 18.3 Å². The molecule has 0 unspecified atom stereocenters. The number of alkyl halides is 3. The Balaban J connectivity index is 2.68. The fraction of sp³-hybridized carbons (Fsp3) is 0.200. The van der Waals surface area contributed by atoms with Gasteiger partial charge in [0.05, 0.1) is 11.5 Å². The molecule has 7 heteroatoms. The smallest absolute Gasteiger partial charge is 0.416 e. The number of aromatic nitrogens is 2. The van der Waals surface area contributed by atoms with E-state index in [2.05, 4.69) is 4.98 Å². The number of carboxylic acids is 1. The van der Waals surface area contributed by atoms with E-state index in [4.69, 9.17) is 0 Å². The van der Waals surface area contributed by atoms with Gasteiger partial charge in [0.1, 0.15) is 11.3 Å². The lowest BCUT2D eigenvalue weighted by Crippen LogP contribution is -2.23.